The molecule has 2 heterocycles. The monoisotopic (exact) mass is 490 g/mol. The Balaban J connectivity index is 1.68. The van der Waals surface area contributed by atoms with E-state index < -0.39 is 45.4 Å². The molecule has 32 heavy (non-hydrogen) atoms. The van der Waals surface area contributed by atoms with Crippen LogP contribution in [0.2, 0.25) is 0 Å². The number of rotatable bonds is 5. The second-order valence-electron chi connectivity index (χ2n) is 7.80. The van der Waals surface area contributed by atoms with Gasteiger partial charge in [-0.05, 0) is 43.4 Å². The molecule has 12 heteroatoms. The van der Waals surface area contributed by atoms with Gasteiger partial charge in [0.15, 0.2) is 5.56 Å². The number of alkyl halides is 1. The van der Waals surface area contributed by atoms with E-state index in [4.69, 9.17) is 21.1 Å². The van der Waals surface area contributed by atoms with E-state index in [2.05, 4.69) is 0 Å². The van der Waals surface area contributed by atoms with Crippen molar-refractivity contribution < 1.29 is 36.7 Å². The average Bonchev–Trinajstić information content (AvgIpc) is 3.06. The molecule has 2 fully saturated rings. The van der Waals surface area contributed by atoms with Crippen LogP contribution < -0.4 is 4.90 Å². The Labute approximate surface area is 190 Å². The van der Waals surface area contributed by atoms with Crippen LogP contribution in [0.5, 0.6) is 0 Å². The fourth-order valence-corrected chi connectivity index (χ4v) is 5.35. The van der Waals surface area contributed by atoms with Crippen LogP contribution >= 0.6 is 11.6 Å². The fourth-order valence-electron chi connectivity index (χ4n) is 3.78. The summed E-state index contributed by atoms with van der Waals surface area (Å²) in [4.78, 5) is 38.2. The van der Waals surface area contributed by atoms with Gasteiger partial charge in [-0.25, -0.2) is 27.3 Å². The maximum Gasteiger partial charge on any atom is 0.418 e. The molecule has 0 spiro atoms. The van der Waals surface area contributed by atoms with E-state index in [0.717, 1.165) is 4.90 Å². The van der Waals surface area contributed by atoms with E-state index in [0.29, 0.717) is 18.4 Å². The number of imide groups is 1. The lowest BCUT2D eigenvalue weighted by atomic mass is 9.93. The van der Waals surface area contributed by atoms with Crippen LogP contribution in [-0.2, 0) is 24.1 Å². The number of ether oxygens (including phenoxy) is 2. The SMILES string of the molecule is CC(=O)N(C[C@H]1CN(c2ccc(C3CCS(=O)(=O)CC3)c(F)c2)C(=O)O1)C(=O)OC(C)Cl. The fraction of sp³-hybridized carbons (Fsp3) is 0.550. The van der Waals surface area contributed by atoms with E-state index in [1.807, 2.05) is 0 Å². The summed E-state index contributed by atoms with van der Waals surface area (Å²) in [6, 6.07) is 4.32. The number of benzene rings is 1. The predicted octanol–water partition coefficient (Wildman–Crippen LogP) is 3.01. The molecule has 2 aliphatic rings. The lowest BCUT2D eigenvalue weighted by Crippen LogP contribution is -2.42. The van der Waals surface area contributed by atoms with Crippen molar-refractivity contribution in [3.05, 3.63) is 29.6 Å². The summed E-state index contributed by atoms with van der Waals surface area (Å²) in [5.74, 6) is -1.29. The third kappa shape index (κ3) is 5.69. The first kappa shape index (κ1) is 24.2. The van der Waals surface area contributed by atoms with Crippen molar-refractivity contribution in [1.82, 2.24) is 4.90 Å². The van der Waals surface area contributed by atoms with E-state index in [9.17, 15) is 27.2 Å². The van der Waals surface area contributed by atoms with Gasteiger partial charge in [-0.15, -0.1) is 0 Å². The molecule has 0 aliphatic carbocycles. The second-order valence-corrected chi connectivity index (χ2v) is 10.7. The summed E-state index contributed by atoms with van der Waals surface area (Å²) in [7, 11) is -3.06. The van der Waals surface area contributed by atoms with Gasteiger partial charge in [-0.2, -0.15) is 0 Å². The Bertz CT molecular complexity index is 1000. The minimum absolute atomic E-state index is 0.00716. The lowest BCUT2D eigenvalue weighted by Gasteiger charge is -2.23. The van der Waals surface area contributed by atoms with Crippen molar-refractivity contribution in [3.8, 4) is 0 Å². The lowest BCUT2D eigenvalue weighted by molar-refractivity contribution is -0.128. The molecule has 1 aromatic rings. The highest BCUT2D eigenvalue weighted by Gasteiger charge is 2.36. The Morgan fingerprint density at radius 2 is 2.00 bits per heavy atom. The maximum atomic E-state index is 14.8. The van der Waals surface area contributed by atoms with E-state index in [-0.39, 0.29) is 36.2 Å². The van der Waals surface area contributed by atoms with Gasteiger partial charge in [0.25, 0.3) is 0 Å². The van der Waals surface area contributed by atoms with Crippen LogP contribution in [0.25, 0.3) is 0 Å². The molecule has 9 nitrogen and oxygen atoms in total. The molecular formula is C20H24ClFN2O7S. The highest BCUT2D eigenvalue weighted by atomic mass is 35.5. The zero-order valence-corrected chi connectivity index (χ0v) is 19.2. The zero-order valence-electron chi connectivity index (χ0n) is 17.6. The van der Waals surface area contributed by atoms with Gasteiger partial charge in [0.1, 0.15) is 21.8 Å². The predicted molar refractivity (Wildman–Crippen MR) is 114 cm³/mol. The van der Waals surface area contributed by atoms with E-state index in [1.54, 1.807) is 12.1 Å². The summed E-state index contributed by atoms with van der Waals surface area (Å²) in [5, 5.41) is 0. The number of nitrogens with zero attached hydrogens (tertiary/aromatic N) is 2. The summed E-state index contributed by atoms with van der Waals surface area (Å²) in [5.41, 5.74) is -0.278. The van der Waals surface area contributed by atoms with Crippen molar-refractivity contribution in [3.63, 3.8) is 0 Å². The number of amides is 3. The molecule has 2 aliphatic heterocycles. The number of hydrogen-bond donors (Lipinski definition) is 0. The smallest absolute Gasteiger partial charge is 0.418 e. The van der Waals surface area contributed by atoms with Gasteiger partial charge < -0.3 is 9.47 Å². The Kier molecular flexibility index (Phi) is 7.29. The number of sulfone groups is 1. The van der Waals surface area contributed by atoms with Gasteiger partial charge in [0, 0.05) is 6.92 Å². The Hall–Kier alpha value is -2.40. The van der Waals surface area contributed by atoms with Crippen LogP contribution in [0.15, 0.2) is 18.2 Å². The molecular weight excluding hydrogens is 467 g/mol. The molecule has 3 rings (SSSR count). The first-order chi connectivity index (χ1) is 15.0. The number of cyclic esters (lactones) is 1. The number of anilines is 1. The minimum Gasteiger partial charge on any atom is -0.442 e. The van der Waals surface area contributed by atoms with Crippen molar-refractivity contribution in [1.29, 1.82) is 0 Å². The number of halogens is 2. The molecule has 0 saturated carbocycles. The molecule has 0 bridgehead atoms. The van der Waals surface area contributed by atoms with Crippen molar-refractivity contribution in [2.45, 2.75) is 44.3 Å². The highest BCUT2D eigenvalue weighted by molar-refractivity contribution is 7.91. The molecule has 1 aromatic carbocycles. The Morgan fingerprint density at radius 3 is 2.56 bits per heavy atom. The van der Waals surface area contributed by atoms with Crippen LogP contribution in [0.1, 0.15) is 38.2 Å². The zero-order chi connectivity index (χ0) is 23.6. The quantitative estimate of drug-likeness (QED) is 0.583. The van der Waals surface area contributed by atoms with Gasteiger partial charge in [-0.1, -0.05) is 17.7 Å². The summed E-state index contributed by atoms with van der Waals surface area (Å²) in [6.45, 7) is 2.34. The Morgan fingerprint density at radius 1 is 1.34 bits per heavy atom. The van der Waals surface area contributed by atoms with Crippen molar-refractivity contribution in [2.75, 3.05) is 29.5 Å². The molecule has 0 aromatic heterocycles. The van der Waals surface area contributed by atoms with Gasteiger partial charge >= 0.3 is 12.2 Å². The number of carbonyl (C=O) groups excluding carboxylic acids is 3. The standard InChI is InChI=1S/C20H24ClFN2O7S/c1-12(21)30-19(26)23(13(2)25)10-16-11-24(20(27)31-16)15-3-4-17(18(22)9-15)14-5-7-32(28,29)8-6-14/h3-4,9,12,14,16H,5-8,10-11H2,1-2H3/t12?,16-/m0/s1. The first-order valence-electron chi connectivity index (χ1n) is 10.1. The average molecular weight is 491 g/mol. The molecule has 2 saturated heterocycles. The minimum atomic E-state index is -3.06. The van der Waals surface area contributed by atoms with Crippen LogP contribution in [0.4, 0.5) is 19.7 Å². The molecule has 0 radical (unpaired) electrons. The molecule has 2 atom stereocenters. The first-order valence-corrected chi connectivity index (χ1v) is 12.3. The van der Waals surface area contributed by atoms with Crippen molar-refractivity contribution >= 4 is 45.2 Å². The largest absolute Gasteiger partial charge is 0.442 e. The van der Waals surface area contributed by atoms with E-state index >= 15 is 0 Å². The van der Waals surface area contributed by atoms with Gasteiger partial charge in [0.2, 0.25) is 5.91 Å². The second kappa shape index (κ2) is 9.62. The van der Waals surface area contributed by atoms with E-state index in [1.165, 1.54) is 24.8 Å². The summed E-state index contributed by atoms with van der Waals surface area (Å²) < 4.78 is 48.1. The molecule has 0 N–H and O–H groups in total. The molecule has 3 amide bonds. The molecule has 176 valence electrons. The third-order valence-electron chi connectivity index (χ3n) is 5.41. The van der Waals surface area contributed by atoms with Gasteiger partial charge in [-0.3, -0.25) is 9.69 Å². The normalized spacial score (nSPS) is 21.7. The molecule has 1 unspecified atom stereocenters. The van der Waals surface area contributed by atoms with Gasteiger partial charge in [0.05, 0.1) is 30.3 Å². The third-order valence-corrected chi connectivity index (χ3v) is 7.22. The topological polar surface area (TPSA) is 110 Å². The summed E-state index contributed by atoms with van der Waals surface area (Å²) in [6.07, 6.45) is -1.84. The number of hydrogen-bond acceptors (Lipinski definition) is 7. The van der Waals surface area contributed by atoms with Crippen LogP contribution in [0.3, 0.4) is 0 Å². The van der Waals surface area contributed by atoms with Crippen LogP contribution in [0, 0.1) is 5.82 Å². The maximum absolute atomic E-state index is 14.8. The van der Waals surface area contributed by atoms with Crippen molar-refractivity contribution in [2.24, 2.45) is 0 Å². The highest BCUT2D eigenvalue weighted by Crippen LogP contribution is 2.33. The summed E-state index contributed by atoms with van der Waals surface area (Å²) >= 11 is 5.62. The number of carbonyl (C=O) groups is 3. The van der Waals surface area contributed by atoms with Crippen LogP contribution in [-0.4, -0.2) is 67.7 Å².